The van der Waals surface area contributed by atoms with E-state index in [-0.39, 0.29) is 6.61 Å². The third kappa shape index (κ3) is 3.52. The zero-order valence-electron chi connectivity index (χ0n) is 8.00. The van der Waals surface area contributed by atoms with E-state index >= 15 is 0 Å². The largest absolute Gasteiger partial charge is 0.493 e. The van der Waals surface area contributed by atoms with Gasteiger partial charge in [0, 0.05) is 10.2 Å². The molecule has 0 fully saturated rings. The third-order valence-electron chi connectivity index (χ3n) is 1.74. The average molecular weight is 277 g/mol. The highest BCUT2D eigenvalue weighted by atomic mass is 79.9. The lowest BCUT2D eigenvalue weighted by Crippen LogP contribution is -2.00. The van der Waals surface area contributed by atoms with Crippen molar-refractivity contribution in [1.82, 2.24) is 0 Å². The van der Waals surface area contributed by atoms with Crippen LogP contribution in [0.4, 0.5) is 0 Å². The molecule has 0 aromatic heterocycles. The topological polar surface area (TPSA) is 29.5 Å². The summed E-state index contributed by atoms with van der Waals surface area (Å²) in [5, 5.41) is 9.02. The molecule has 0 aliphatic rings. The molecule has 0 bridgehead atoms. The molecule has 0 radical (unpaired) electrons. The first-order valence-corrected chi connectivity index (χ1v) is 6.47. The van der Waals surface area contributed by atoms with Crippen molar-refractivity contribution in [3.05, 3.63) is 28.2 Å². The summed E-state index contributed by atoms with van der Waals surface area (Å²) in [7, 11) is 0. The van der Waals surface area contributed by atoms with Gasteiger partial charge in [0.2, 0.25) is 0 Å². The Hall–Kier alpha value is -0.190. The van der Waals surface area contributed by atoms with E-state index in [0.717, 1.165) is 21.5 Å². The first-order chi connectivity index (χ1) is 6.77. The van der Waals surface area contributed by atoms with Crippen LogP contribution >= 0.6 is 27.7 Å². The van der Waals surface area contributed by atoms with E-state index in [0.29, 0.717) is 6.61 Å². The first kappa shape index (κ1) is 11.9. The molecule has 0 saturated heterocycles. The SMILES string of the molecule is CSCCOc1ccc(Br)c(CO)c1. The summed E-state index contributed by atoms with van der Waals surface area (Å²) in [5.74, 6) is 1.79. The molecular formula is C10H13BrO2S. The van der Waals surface area contributed by atoms with Crippen LogP contribution in [0.2, 0.25) is 0 Å². The van der Waals surface area contributed by atoms with Gasteiger partial charge in [0.1, 0.15) is 5.75 Å². The summed E-state index contributed by atoms with van der Waals surface area (Å²) in [4.78, 5) is 0. The van der Waals surface area contributed by atoms with Crippen LogP contribution < -0.4 is 4.74 Å². The number of halogens is 1. The van der Waals surface area contributed by atoms with Crippen LogP contribution in [0.3, 0.4) is 0 Å². The molecule has 0 heterocycles. The normalized spacial score (nSPS) is 10.2. The summed E-state index contributed by atoms with van der Waals surface area (Å²) in [6.07, 6.45) is 2.05. The van der Waals surface area contributed by atoms with Gasteiger partial charge in [0.25, 0.3) is 0 Å². The molecular weight excluding hydrogens is 264 g/mol. The Kier molecular flexibility index (Phi) is 5.37. The van der Waals surface area contributed by atoms with Crippen molar-refractivity contribution in [3.8, 4) is 5.75 Å². The van der Waals surface area contributed by atoms with Gasteiger partial charge < -0.3 is 9.84 Å². The molecule has 4 heteroatoms. The van der Waals surface area contributed by atoms with Crippen molar-refractivity contribution >= 4 is 27.7 Å². The minimum atomic E-state index is 0.0281. The van der Waals surface area contributed by atoms with E-state index in [2.05, 4.69) is 15.9 Å². The quantitative estimate of drug-likeness (QED) is 0.839. The molecule has 14 heavy (non-hydrogen) atoms. The molecule has 1 N–H and O–H groups in total. The smallest absolute Gasteiger partial charge is 0.119 e. The Morgan fingerprint density at radius 3 is 2.93 bits per heavy atom. The van der Waals surface area contributed by atoms with Crippen molar-refractivity contribution in [2.24, 2.45) is 0 Å². The van der Waals surface area contributed by atoms with Crippen molar-refractivity contribution in [1.29, 1.82) is 0 Å². The van der Waals surface area contributed by atoms with Crippen LogP contribution in [-0.4, -0.2) is 23.7 Å². The Balaban J connectivity index is 2.60. The summed E-state index contributed by atoms with van der Waals surface area (Å²) in [6.45, 7) is 0.730. The summed E-state index contributed by atoms with van der Waals surface area (Å²) < 4.78 is 6.41. The maximum absolute atomic E-state index is 9.02. The molecule has 2 nitrogen and oxygen atoms in total. The second kappa shape index (κ2) is 6.32. The highest BCUT2D eigenvalue weighted by Crippen LogP contribution is 2.22. The van der Waals surface area contributed by atoms with Gasteiger partial charge in [0.05, 0.1) is 13.2 Å². The summed E-state index contributed by atoms with van der Waals surface area (Å²) in [6, 6.07) is 5.63. The lowest BCUT2D eigenvalue weighted by atomic mass is 10.2. The predicted molar refractivity (Wildman–Crippen MR) is 63.9 cm³/mol. The Labute approximate surface area is 96.8 Å². The molecule has 0 aliphatic carbocycles. The minimum Gasteiger partial charge on any atom is -0.493 e. The molecule has 0 atom stereocenters. The third-order valence-corrected chi connectivity index (χ3v) is 3.09. The van der Waals surface area contributed by atoms with E-state index in [1.807, 2.05) is 24.5 Å². The van der Waals surface area contributed by atoms with E-state index in [4.69, 9.17) is 9.84 Å². The van der Waals surface area contributed by atoms with Gasteiger partial charge in [-0.05, 0) is 30.0 Å². The maximum Gasteiger partial charge on any atom is 0.119 e. The van der Waals surface area contributed by atoms with Crippen LogP contribution in [0.1, 0.15) is 5.56 Å². The highest BCUT2D eigenvalue weighted by molar-refractivity contribution is 9.10. The molecule has 1 aromatic carbocycles. The number of aliphatic hydroxyl groups is 1. The summed E-state index contributed by atoms with van der Waals surface area (Å²) >= 11 is 5.10. The standard InChI is InChI=1S/C10H13BrO2S/c1-14-5-4-13-9-2-3-10(11)8(6-9)7-12/h2-3,6,12H,4-5,7H2,1H3. The highest BCUT2D eigenvalue weighted by Gasteiger charge is 2.00. The van der Waals surface area contributed by atoms with E-state index in [1.165, 1.54) is 0 Å². The van der Waals surface area contributed by atoms with Crippen LogP contribution in [0.15, 0.2) is 22.7 Å². The van der Waals surface area contributed by atoms with Crippen molar-refractivity contribution in [2.45, 2.75) is 6.61 Å². The number of ether oxygens (including phenoxy) is 1. The van der Waals surface area contributed by atoms with E-state index in [1.54, 1.807) is 11.8 Å². The first-order valence-electron chi connectivity index (χ1n) is 4.29. The van der Waals surface area contributed by atoms with Crippen molar-refractivity contribution in [2.75, 3.05) is 18.6 Å². The lowest BCUT2D eigenvalue weighted by Gasteiger charge is -2.07. The van der Waals surface area contributed by atoms with Crippen molar-refractivity contribution < 1.29 is 9.84 Å². The van der Waals surface area contributed by atoms with Gasteiger partial charge in [-0.2, -0.15) is 11.8 Å². The molecule has 1 rings (SSSR count). The van der Waals surface area contributed by atoms with Crippen molar-refractivity contribution in [3.63, 3.8) is 0 Å². The summed E-state index contributed by atoms with van der Waals surface area (Å²) in [5.41, 5.74) is 0.853. The van der Waals surface area contributed by atoms with Gasteiger partial charge in [-0.25, -0.2) is 0 Å². The monoisotopic (exact) mass is 276 g/mol. The van der Waals surface area contributed by atoms with Crippen LogP contribution in [0.5, 0.6) is 5.75 Å². The Morgan fingerprint density at radius 1 is 1.50 bits per heavy atom. The van der Waals surface area contributed by atoms with Gasteiger partial charge in [-0.15, -0.1) is 0 Å². The molecule has 0 amide bonds. The number of hydrogen-bond acceptors (Lipinski definition) is 3. The van der Waals surface area contributed by atoms with E-state index in [9.17, 15) is 0 Å². The van der Waals surface area contributed by atoms with E-state index < -0.39 is 0 Å². The number of aliphatic hydroxyl groups excluding tert-OH is 1. The zero-order valence-corrected chi connectivity index (χ0v) is 10.4. The number of rotatable bonds is 5. The fourth-order valence-electron chi connectivity index (χ4n) is 1.00. The second-order valence-electron chi connectivity index (χ2n) is 2.75. The number of thioether (sulfide) groups is 1. The fourth-order valence-corrected chi connectivity index (χ4v) is 1.63. The molecule has 0 spiro atoms. The molecule has 0 saturated carbocycles. The van der Waals surface area contributed by atoms with Crippen LogP contribution in [0, 0.1) is 0 Å². The molecule has 1 aromatic rings. The number of hydrogen-bond donors (Lipinski definition) is 1. The maximum atomic E-state index is 9.02. The zero-order chi connectivity index (χ0) is 10.4. The van der Waals surface area contributed by atoms with Gasteiger partial charge >= 0.3 is 0 Å². The fraction of sp³-hybridized carbons (Fsp3) is 0.400. The van der Waals surface area contributed by atoms with Crippen LogP contribution in [-0.2, 0) is 6.61 Å². The Bertz CT molecular complexity index is 291. The lowest BCUT2D eigenvalue weighted by molar-refractivity contribution is 0.279. The molecule has 0 aliphatic heterocycles. The molecule has 0 unspecified atom stereocenters. The van der Waals surface area contributed by atoms with Gasteiger partial charge in [-0.1, -0.05) is 15.9 Å². The Morgan fingerprint density at radius 2 is 2.29 bits per heavy atom. The minimum absolute atomic E-state index is 0.0281. The molecule has 78 valence electrons. The van der Waals surface area contributed by atoms with Gasteiger partial charge in [0.15, 0.2) is 0 Å². The number of benzene rings is 1. The average Bonchev–Trinajstić information content (AvgIpc) is 2.21. The van der Waals surface area contributed by atoms with Crippen LogP contribution in [0.25, 0.3) is 0 Å². The predicted octanol–water partition coefficient (Wildman–Crippen LogP) is 2.68. The second-order valence-corrected chi connectivity index (χ2v) is 4.59. The van der Waals surface area contributed by atoms with Gasteiger partial charge in [-0.3, -0.25) is 0 Å².